The maximum atomic E-state index is 12.5. The zero-order valence-electron chi connectivity index (χ0n) is 11.3. The Kier molecular flexibility index (Phi) is 4.87. The van der Waals surface area contributed by atoms with Crippen molar-refractivity contribution in [3.05, 3.63) is 52.5 Å². The first-order chi connectivity index (χ1) is 9.97. The highest BCUT2D eigenvalue weighted by Crippen LogP contribution is 2.29. The summed E-state index contributed by atoms with van der Waals surface area (Å²) in [6, 6.07) is 11.7. The van der Waals surface area contributed by atoms with Gasteiger partial charge in [-0.25, -0.2) is 8.42 Å². The molecule has 0 aliphatic rings. The fourth-order valence-electron chi connectivity index (χ4n) is 1.84. The number of nitrogens with two attached hydrogens (primary N) is 1. The Balaban J connectivity index is 2.42. The molecule has 0 saturated carbocycles. The third kappa shape index (κ3) is 3.55. The average molecular weight is 371 g/mol. The topological polar surface area (TPSA) is 81.4 Å². The number of hydrogen-bond acceptors (Lipinski definition) is 4. The lowest BCUT2D eigenvalue weighted by Crippen LogP contribution is -2.16. The van der Waals surface area contributed by atoms with Crippen molar-refractivity contribution in [1.82, 2.24) is 0 Å². The number of ether oxygens (including phenoxy) is 1. The molecule has 21 heavy (non-hydrogen) atoms. The van der Waals surface area contributed by atoms with Crippen molar-refractivity contribution >= 4 is 31.6 Å². The molecule has 0 aromatic heterocycles. The summed E-state index contributed by atoms with van der Waals surface area (Å²) in [7, 11) is -2.20. The van der Waals surface area contributed by atoms with Gasteiger partial charge in [0.1, 0.15) is 5.75 Å². The SMILES string of the molecule is COc1ccc(Br)c(NS(=O)(=O)c2ccccc2CN)c1. The molecule has 0 atom stereocenters. The molecule has 5 nitrogen and oxygen atoms in total. The third-order valence-corrected chi connectivity index (χ3v) is 5.06. The summed E-state index contributed by atoms with van der Waals surface area (Å²) in [6.07, 6.45) is 0. The minimum atomic E-state index is -3.72. The highest BCUT2D eigenvalue weighted by molar-refractivity contribution is 9.10. The number of rotatable bonds is 5. The number of hydrogen-bond donors (Lipinski definition) is 2. The molecule has 112 valence electrons. The van der Waals surface area contributed by atoms with Gasteiger partial charge in [0.25, 0.3) is 10.0 Å². The first-order valence-electron chi connectivity index (χ1n) is 6.12. The number of anilines is 1. The number of halogens is 1. The summed E-state index contributed by atoms with van der Waals surface area (Å²) in [5, 5.41) is 0. The molecule has 0 heterocycles. The Morgan fingerprint density at radius 2 is 1.95 bits per heavy atom. The predicted molar refractivity (Wildman–Crippen MR) is 85.8 cm³/mol. The van der Waals surface area contributed by atoms with E-state index in [-0.39, 0.29) is 11.4 Å². The van der Waals surface area contributed by atoms with Gasteiger partial charge in [-0.3, -0.25) is 4.72 Å². The normalized spacial score (nSPS) is 11.2. The quantitative estimate of drug-likeness (QED) is 0.847. The van der Waals surface area contributed by atoms with E-state index in [1.165, 1.54) is 13.2 Å². The van der Waals surface area contributed by atoms with Crippen molar-refractivity contribution in [2.45, 2.75) is 11.4 Å². The Hall–Kier alpha value is -1.57. The van der Waals surface area contributed by atoms with E-state index in [1.54, 1.807) is 36.4 Å². The lowest BCUT2D eigenvalue weighted by Gasteiger charge is -2.13. The van der Waals surface area contributed by atoms with E-state index in [1.807, 2.05) is 0 Å². The maximum absolute atomic E-state index is 12.5. The number of nitrogens with one attached hydrogen (secondary N) is 1. The first kappa shape index (κ1) is 15.8. The average Bonchev–Trinajstić information content (AvgIpc) is 2.49. The van der Waals surface area contributed by atoms with Crippen LogP contribution in [0.3, 0.4) is 0 Å². The molecule has 0 unspecified atom stereocenters. The second-order valence-electron chi connectivity index (χ2n) is 4.26. The van der Waals surface area contributed by atoms with E-state index < -0.39 is 10.0 Å². The Labute approximate surface area is 132 Å². The molecule has 7 heteroatoms. The van der Waals surface area contributed by atoms with Gasteiger partial charge in [-0.05, 0) is 39.7 Å². The van der Waals surface area contributed by atoms with Gasteiger partial charge in [0.05, 0.1) is 17.7 Å². The Morgan fingerprint density at radius 1 is 1.24 bits per heavy atom. The van der Waals surface area contributed by atoms with Crippen LogP contribution < -0.4 is 15.2 Å². The molecule has 2 rings (SSSR count). The van der Waals surface area contributed by atoms with Crippen LogP contribution in [0.25, 0.3) is 0 Å². The zero-order chi connectivity index (χ0) is 15.5. The van der Waals surface area contributed by atoms with Crippen LogP contribution in [-0.2, 0) is 16.6 Å². The van der Waals surface area contributed by atoms with Gasteiger partial charge in [-0.15, -0.1) is 0 Å². The van der Waals surface area contributed by atoms with Crippen molar-refractivity contribution in [2.75, 3.05) is 11.8 Å². The fraction of sp³-hybridized carbons (Fsp3) is 0.143. The largest absolute Gasteiger partial charge is 0.497 e. The van der Waals surface area contributed by atoms with Crippen LogP contribution in [0.4, 0.5) is 5.69 Å². The molecule has 0 saturated heterocycles. The maximum Gasteiger partial charge on any atom is 0.262 e. The second-order valence-corrected chi connectivity index (χ2v) is 6.77. The molecule has 0 aliphatic carbocycles. The summed E-state index contributed by atoms with van der Waals surface area (Å²) < 4.78 is 33.3. The van der Waals surface area contributed by atoms with E-state index in [9.17, 15) is 8.42 Å². The summed E-state index contributed by atoms with van der Waals surface area (Å²) in [6.45, 7) is 0.149. The Morgan fingerprint density at radius 3 is 2.62 bits per heavy atom. The summed E-state index contributed by atoms with van der Waals surface area (Å²) >= 11 is 3.31. The molecule has 0 amide bonds. The van der Waals surface area contributed by atoms with Gasteiger partial charge >= 0.3 is 0 Å². The highest BCUT2D eigenvalue weighted by Gasteiger charge is 2.19. The van der Waals surface area contributed by atoms with Gasteiger partial charge in [0, 0.05) is 17.1 Å². The molecule has 2 aromatic carbocycles. The standard InChI is InChI=1S/C14H15BrN2O3S/c1-20-11-6-7-12(15)13(8-11)17-21(18,19)14-5-3-2-4-10(14)9-16/h2-8,17H,9,16H2,1H3. The van der Waals surface area contributed by atoms with Crippen molar-refractivity contribution in [2.24, 2.45) is 5.73 Å². The lowest BCUT2D eigenvalue weighted by atomic mass is 10.2. The minimum Gasteiger partial charge on any atom is -0.497 e. The molecule has 0 spiro atoms. The van der Waals surface area contributed by atoms with Crippen LogP contribution in [0.5, 0.6) is 5.75 Å². The molecule has 0 fully saturated rings. The van der Waals surface area contributed by atoms with Gasteiger partial charge in [0.2, 0.25) is 0 Å². The Bertz CT molecular complexity index is 748. The van der Waals surface area contributed by atoms with E-state index in [2.05, 4.69) is 20.7 Å². The first-order valence-corrected chi connectivity index (χ1v) is 8.40. The summed E-state index contributed by atoms with van der Waals surface area (Å²) in [4.78, 5) is 0.169. The van der Waals surface area contributed by atoms with Crippen LogP contribution in [0, 0.1) is 0 Å². The summed E-state index contributed by atoms with van der Waals surface area (Å²) in [5.74, 6) is 0.558. The van der Waals surface area contributed by atoms with E-state index >= 15 is 0 Å². The number of methoxy groups -OCH3 is 1. The second kappa shape index (κ2) is 6.46. The van der Waals surface area contributed by atoms with E-state index in [0.29, 0.717) is 21.5 Å². The molecule has 3 N–H and O–H groups in total. The van der Waals surface area contributed by atoms with Crippen LogP contribution in [0.2, 0.25) is 0 Å². The molecular weight excluding hydrogens is 356 g/mol. The monoisotopic (exact) mass is 370 g/mol. The number of benzene rings is 2. The van der Waals surface area contributed by atoms with Crippen molar-refractivity contribution in [1.29, 1.82) is 0 Å². The minimum absolute atomic E-state index is 0.149. The van der Waals surface area contributed by atoms with Gasteiger partial charge < -0.3 is 10.5 Å². The van der Waals surface area contributed by atoms with E-state index in [4.69, 9.17) is 10.5 Å². The molecule has 0 bridgehead atoms. The predicted octanol–water partition coefficient (Wildman–Crippen LogP) is 2.72. The van der Waals surface area contributed by atoms with Crippen molar-refractivity contribution in [3.8, 4) is 5.75 Å². The van der Waals surface area contributed by atoms with E-state index in [0.717, 1.165) is 0 Å². The van der Waals surface area contributed by atoms with Gasteiger partial charge in [0.15, 0.2) is 0 Å². The van der Waals surface area contributed by atoms with Gasteiger partial charge in [-0.1, -0.05) is 18.2 Å². The zero-order valence-corrected chi connectivity index (χ0v) is 13.7. The van der Waals surface area contributed by atoms with Crippen molar-refractivity contribution in [3.63, 3.8) is 0 Å². The van der Waals surface area contributed by atoms with Gasteiger partial charge in [-0.2, -0.15) is 0 Å². The smallest absolute Gasteiger partial charge is 0.262 e. The number of sulfonamides is 1. The van der Waals surface area contributed by atoms with Crippen LogP contribution in [-0.4, -0.2) is 15.5 Å². The van der Waals surface area contributed by atoms with Crippen LogP contribution >= 0.6 is 15.9 Å². The highest BCUT2D eigenvalue weighted by atomic mass is 79.9. The molecular formula is C14H15BrN2O3S. The third-order valence-electron chi connectivity index (χ3n) is 2.90. The summed E-state index contributed by atoms with van der Waals surface area (Å²) in [5.41, 5.74) is 6.56. The lowest BCUT2D eigenvalue weighted by molar-refractivity contribution is 0.415. The molecule has 0 aliphatic heterocycles. The van der Waals surface area contributed by atoms with Crippen LogP contribution in [0.1, 0.15) is 5.56 Å². The molecule has 0 radical (unpaired) electrons. The fourth-order valence-corrected chi connectivity index (χ4v) is 3.64. The molecule has 2 aromatic rings. The van der Waals surface area contributed by atoms with Crippen molar-refractivity contribution < 1.29 is 13.2 Å². The van der Waals surface area contributed by atoms with Crippen LogP contribution in [0.15, 0.2) is 51.8 Å².